The largest absolute Gasteiger partial charge is 0.362 e. The van der Waals surface area contributed by atoms with Crippen molar-refractivity contribution in [1.29, 1.82) is 0 Å². The van der Waals surface area contributed by atoms with Crippen LogP contribution in [0.15, 0.2) is 30.3 Å². The van der Waals surface area contributed by atoms with Gasteiger partial charge >= 0.3 is 0 Å². The molecule has 2 saturated heterocycles. The number of hydrogen-bond donors (Lipinski definition) is 0. The second-order valence-electron chi connectivity index (χ2n) is 3.64. The molecule has 0 aliphatic carbocycles. The molecule has 3 nitrogen and oxygen atoms in total. The Morgan fingerprint density at radius 3 is 2.79 bits per heavy atom. The van der Waals surface area contributed by atoms with Crippen molar-refractivity contribution in [2.75, 3.05) is 6.61 Å². The van der Waals surface area contributed by atoms with Crippen molar-refractivity contribution >= 4 is 0 Å². The number of fused-ring (bicyclic) bond motifs is 1. The van der Waals surface area contributed by atoms with Crippen LogP contribution >= 0.6 is 0 Å². The Balaban J connectivity index is 1.54. The predicted molar refractivity (Wildman–Crippen MR) is 49.6 cm³/mol. The van der Waals surface area contributed by atoms with Crippen LogP contribution in [0.25, 0.3) is 0 Å². The fraction of sp³-hybridized carbons (Fsp3) is 0.455. The minimum absolute atomic E-state index is 0.153. The van der Waals surface area contributed by atoms with Gasteiger partial charge in [0.05, 0.1) is 13.2 Å². The topological polar surface area (TPSA) is 31.0 Å². The van der Waals surface area contributed by atoms with Crippen LogP contribution in [0.5, 0.6) is 0 Å². The first kappa shape index (κ1) is 8.41. The molecular weight excluding hydrogens is 180 g/mol. The smallest absolute Gasteiger partial charge is 0.186 e. The van der Waals surface area contributed by atoms with Crippen molar-refractivity contribution in [2.24, 2.45) is 0 Å². The van der Waals surface area contributed by atoms with Gasteiger partial charge in [0, 0.05) is 0 Å². The summed E-state index contributed by atoms with van der Waals surface area (Å²) in [4.78, 5) is 0. The van der Waals surface area contributed by atoms with Crippen LogP contribution in [0.2, 0.25) is 0 Å². The highest BCUT2D eigenvalue weighted by Crippen LogP contribution is 2.34. The molecule has 2 fully saturated rings. The molecule has 1 unspecified atom stereocenters. The highest BCUT2D eigenvalue weighted by Gasteiger charge is 2.52. The van der Waals surface area contributed by atoms with Crippen LogP contribution in [0.4, 0.5) is 0 Å². The number of hydrogen-bond acceptors (Lipinski definition) is 3. The summed E-state index contributed by atoms with van der Waals surface area (Å²) in [5.41, 5.74) is 1.17. The molecule has 0 bridgehead atoms. The van der Waals surface area contributed by atoms with E-state index in [2.05, 4.69) is 0 Å². The molecule has 2 aliphatic rings. The third kappa shape index (κ3) is 1.54. The molecule has 0 amide bonds. The molecule has 1 aromatic carbocycles. The summed E-state index contributed by atoms with van der Waals surface area (Å²) < 4.78 is 16.3. The minimum atomic E-state index is -0.153. The van der Waals surface area contributed by atoms with Crippen molar-refractivity contribution < 1.29 is 14.2 Å². The molecule has 0 aromatic heterocycles. The Hall–Kier alpha value is -0.900. The van der Waals surface area contributed by atoms with E-state index in [0.29, 0.717) is 19.3 Å². The summed E-state index contributed by atoms with van der Waals surface area (Å²) in [6.07, 6.45) is 0.342. The van der Waals surface area contributed by atoms with E-state index in [1.807, 2.05) is 30.3 Å². The molecule has 0 spiro atoms. The lowest BCUT2D eigenvalue weighted by Gasteiger charge is -2.12. The van der Waals surface area contributed by atoms with Crippen molar-refractivity contribution in [3.05, 3.63) is 35.9 Å². The standard InChI is InChI=1S/C11H12O3/c1-2-4-8(5-3-1)6-12-11-10-9(14-10)7-13-11/h1-5,9-11H,6-7H2/t9-,10-,11?/m1/s1. The van der Waals surface area contributed by atoms with E-state index in [1.54, 1.807) is 0 Å². The maximum atomic E-state index is 5.60. The van der Waals surface area contributed by atoms with E-state index in [1.165, 1.54) is 5.56 Å². The fourth-order valence-corrected chi connectivity index (χ4v) is 1.71. The highest BCUT2D eigenvalue weighted by atomic mass is 16.8. The molecule has 2 heterocycles. The Kier molecular flexibility index (Phi) is 2.01. The van der Waals surface area contributed by atoms with E-state index in [-0.39, 0.29) is 12.4 Å². The maximum Gasteiger partial charge on any atom is 0.186 e. The number of ether oxygens (including phenoxy) is 3. The average molecular weight is 192 g/mol. The van der Waals surface area contributed by atoms with Crippen LogP contribution < -0.4 is 0 Å². The summed E-state index contributed by atoms with van der Waals surface area (Å²) in [7, 11) is 0. The molecule has 14 heavy (non-hydrogen) atoms. The van der Waals surface area contributed by atoms with E-state index < -0.39 is 0 Å². The van der Waals surface area contributed by atoms with Gasteiger partial charge in [0.2, 0.25) is 0 Å². The van der Waals surface area contributed by atoms with Crippen LogP contribution in [-0.4, -0.2) is 25.1 Å². The molecule has 1 aromatic rings. The number of benzene rings is 1. The minimum Gasteiger partial charge on any atom is -0.362 e. The monoisotopic (exact) mass is 192 g/mol. The lowest BCUT2D eigenvalue weighted by molar-refractivity contribution is -0.153. The summed E-state index contributed by atoms with van der Waals surface area (Å²) in [5.74, 6) is 0. The van der Waals surface area contributed by atoms with Gasteiger partial charge < -0.3 is 14.2 Å². The van der Waals surface area contributed by atoms with Gasteiger partial charge in [0.15, 0.2) is 6.29 Å². The molecule has 0 N–H and O–H groups in total. The summed E-state index contributed by atoms with van der Waals surface area (Å²) in [6.45, 7) is 1.28. The van der Waals surface area contributed by atoms with Crippen molar-refractivity contribution in [3.8, 4) is 0 Å². The van der Waals surface area contributed by atoms with Crippen LogP contribution in [-0.2, 0) is 20.8 Å². The Morgan fingerprint density at radius 1 is 1.29 bits per heavy atom. The second kappa shape index (κ2) is 3.35. The molecule has 3 atom stereocenters. The molecule has 3 heteroatoms. The van der Waals surface area contributed by atoms with Crippen molar-refractivity contribution in [3.63, 3.8) is 0 Å². The van der Waals surface area contributed by atoms with Crippen LogP contribution in [0, 0.1) is 0 Å². The molecule has 2 aliphatic heterocycles. The first-order chi connectivity index (χ1) is 6.93. The molecular formula is C11H12O3. The van der Waals surface area contributed by atoms with Gasteiger partial charge in [0.25, 0.3) is 0 Å². The van der Waals surface area contributed by atoms with Crippen molar-refractivity contribution in [2.45, 2.75) is 25.1 Å². The summed E-state index contributed by atoms with van der Waals surface area (Å²) in [5, 5.41) is 0. The van der Waals surface area contributed by atoms with E-state index in [9.17, 15) is 0 Å². The van der Waals surface area contributed by atoms with Crippen LogP contribution in [0.3, 0.4) is 0 Å². The predicted octanol–water partition coefficient (Wildman–Crippen LogP) is 1.33. The van der Waals surface area contributed by atoms with Gasteiger partial charge in [-0.2, -0.15) is 0 Å². The third-order valence-corrected chi connectivity index (χ3v) is 2.57. The Morgan fingerprint density at radius 2 is 2.14 bits per heavy atom. The SMILES string of the molecule is c1ccc(COC2OC[C@H]3O[C@@H]23)cc1. The lowest BCUT2D eigenvalue weighted by Crippen LogP contribution is -2.18. The van der Waals surface area contributed by atoms with Gasteiger partial charge in [-0.15, -0.1) is 0 Å². The number of rotatable bonds is 3. The fourth-order valence-electron chi connectivity index (χ4n) is 1.71. The Bertz CT molecular complexity index is 312. The maximum absolute atomic E-state index is 5.60. The second-order valence-corrected chi connectivity index (χ2v) is 3.64. The van der Waals surface area contributed by atoms with Gasteiger partial charge in [-0.3, -0.25) is 0 Å². The Labute approximate surface area is 82.6 Å². The quantitative estimate of drug-likeness (QED) is 0.677. The summed E-state index contributed by atoms with van der Waals surface area (Å²) in [6, 6.07) is 10.1. The van der Waals surface area contributed by atoms with E-state index in [0.717, 1.165) is 0 Å². The first-order valence-corrected chi connectivity index (χ1v) is 4.86. The van der Waals surface area contributed by atoms with E-state index >= 15 is 0 Å². The number of epoxide rings is 1. The molecule has 0 radical (unpaired) electrons. The van der Waals surface area contributed by atoms with Crippen molar-refractivity contribution in [1.82, 2.24) is 0 Å². The van der Waals surface area contributed by atoms with Gasteiger partial charge in [0.1, 0.15) is 12.2 Å². The third-order valence-electron chi connectivity index (χ3n) is 2.57. The lowest BCUT2D eigenvalue weighted by atomic mass is 10.2. The first-order valence-electron chi connectivity index (χ1n) is 4.86. The summed E-state index contributed by atoms with van der Waals surface area (Å²) >= 11 is 0. The zero-order valence-electron chi connectivity index (χ0n) is 7.76. The molecule has 3 rings (SSSR count). The zero-order chi connectivity index (χ0) is 9.38. The zero-order valence-corrected chi connectivity index (χ0v) is 7.76. The van der Waals surface area contributed by atoms with Gasteiger partial charge in [-0.05, 0) is 5.56 Å². The molecule has 0 saturated carbocycles. The highest BCUT2D eigenvalue weighted by molar-refractivity contribution is 5.13. The van der Waals surface area contributed by atoms with Gasteiger partial charge in [-0.1, -0.05) is 30.3 Å². The van der Waals surface area contributed by atoms with E-state index in [4.69, 9.17) is 14.2 Å². The molecule has 74 valence electrons. The van der Waals surface area contributed by atoms with Gasteiger partial charge in [-0.25, -0.2) is 0 Å². The normalized spacial score (nSPS) is 34.1. The average Bonchev–Trinajstić information content (AvgIpc) is 2.92. The van der Waals surface area contributed by atoms with Crippen LogP contribution in [0.1, 0.15) is 5.56 Å².